The third-order valence-corrected chi connectivity index (χ3v) is 1.41. The third-order valence-electron chi connectivity index (χ3n) is 1.41. The summed E-state index contributed by atoms with van der Waals surface area (Å²) in [5, 5.41) is 0. The van der Waals surface area contributed by atoms with Gasteiger partial charge in [-0.2, -0.15) is 4.99 Å². The number of ether oxygens (including phenoxy) is 1. The number of hydrogen-bond acceptors (Lipinski definition) is 4. The van der Waals surface area contributed by atoms with Crippen molar-refractivity contribution < 1.29 is 14.3 Å². The molecule has 0 aromatic carbocycles. The Hall–Kier alpha value is -1.41. The molecule has 0 aliphatic carbocycles. The van der Waals surface area contributed by atoms with E-state index in [1.165, 1.54) is 12.2 Å². The van der Waals surface area contributed by atoms with Gasteiger partial charge in [0.05, 0.1) is 0 Å². The standard InChI is InChI=1S/C9H13NO3/c1-4-5-13-9(12)8(7(2)3)10-6-11/h4,7-8H,1,5H2,2-3H3/t8-/m1/s1. The van der Waals surface area contributed by atoms with Crippen molar-refractivity contribution >= 4 is 12.0 Å². The van der Waals surface area contributed by atoms with Gasteiger partial charge in [-0.05, 0) is 5.92 Å². The second-order valence-corrected chi connectivity index (χ2v) is 2.83. The van der Waals surface area contributed by atoms with Gasteiger partial charge in [0.1, 0.15) is 6.61 Å². The minimum Gasteiger partial charge on any atom is -0.460 e. The number of isocyanates is 1. The molecule has 0 radical (unpaired) electrons. The molecule has 0 saturated heterocycles. The van der Waals surface area contributed by atoms with E-state index in [4.69, 9.17) is 4.74 Å². The lowest BCUT2D eigenvalue weighted by molar-refractivity contribution is -0.144. The van der Waals surface area contributed by atoms with Crippen LogP contribution in [-0.4, -0.2) is 24.7 Å². The molecule has 0 aromatic rings. The molecule has 0 aliphatic rings. The lowest BCUT2D eigenvalue weighted by Crippen LogP contribution is -2.26. The van der Waals surface area contributed by atoms with Gasteiger partial charge < -0.3 is 4.74 Å². The van der Waals surface area contributed by atoms with Crippen LogP contribution >= 0.6 is 0 Å². The highest BCUT2D eigenvalue weighted by Gasteiger charge is 2.22. The zero-order valence-corrected chi connectivity index (χ0v) is 7.82. The van der Waals surface area contributed by atoms with Crippen LogP contribution in [0, 0.1) is 5.92 Å². The molecule has 0 spiro atoms. The van der Waals surface area contributed by atoms with Gasteiger partial charge in [-0.25, -0.2) is 9.59 Å². The second-order valence-electron chi connectivity index (χ2n) is 2.83. The van der Waals surface area contributed by atoms with Gasteiger partial charge in [0.15, 0.2) is 6.04 Å². The average molecular weight is 183 g/mol. The maximum absolute atomic E-state index is 11.2. The average Bonchev–Trinajstić information content (AvgIpc) is 2.09. The van der Waals surface area contributed by atoms with Gasteiger partial charge in [-0.1, -0.05) is 26.5 Å². The van der Waals surface area contributed by atoms with Gasteiger partial charge >= 0.3 is 5.97 Å². The fourth-order valence-electron chi connectivity index (χ4n) is 0.757. The molecular formula is C9H13NO3. The molecule has 4 heteroatoms. The first-order chi connectivity index (χ1) is 6.13. The fourth-order valence-corrected chi connectivity index (χ4v) is 0.757. The van der Waals surface area contributed by atoms with Crippen LogP contribution in [-0.2, 0) is 14.3 Å². The maximum Gasteiger partial charge on any atom is 0.332 e. The monoisotopic (exact) mass is 183 g/mol. The van der Waals surface area contributed by atoms with Crippen molar-refractivity contribution in [1.82, 2.24) is 0 Å². The summed E-state index contributed by atoms with van der Waals surface area (Å²) in [5.74, 6) is -0.586. The number of aliphatic imine (C=N–C) groups is 1. The van der Waals surface area contributed by atoms with Crippen molar-refractivity contribution in [3.8, 4) is 0 Å². The first-order valence-electron chi connectivity index (χ1n) is 3.98. The lowest BCUT2D eigenvalue weighted by Gasteiger charge is -2.12. The van der Waals surface area contributed by atoms with Crippen LogP contribution in [0.2, 0.25) is 0 Å². The summed E-state index contributed by atoms with van der Waals surface area (Å²) in [7, 11) is 0. The molecule has 0 amide bonds. The Balaban J connectivity index is 4.27. The summed E-state index contributed by atoms with van der Waals surface area (Å²) in [6.07, 6.45) is 2.81. The number of nitrogens with zero attached hydrogens (tertiary/aromatic N) is 1. The van der Waals surface area contributed by atoms with E-state index in [0.717, 1.165) is 0 Å². The Kier molecular flexibility index (Phi) is 5.48. The van der Waals surface area contributed by atoms with Crippen molar-refractivity contribution in [2.75, 3.05) is 6.61 Å². The SMILES string of the molecule is C=CCOC(=O)[C@H](N=C=O)C(C)C. The van der Waals surface area contributed by atoms with E-state index in [1.807, 2.05) is 0 Å². The minimum atomic E-state index is -0.752. The molecule has 0 heterocycles. The Labute approximate surface area is 77.3 Å². The third kappa shape index (κ3) is 4.23. The van der Waals surface area contributed by atoms with Gasteiger partial charge in [0, 0.05) is 0 Å². The molecule has 4 nitrogen and oxygen atoms in total. The van der Waals surface area contributed by atoms with Gasteiger partial charge in [-0.15, -0.1) is 0 Å². The summed E-state index contributed by atoms with van der Waals surface area (Å²) in [6, 6.07) is -0.752. The highest BCUT2D eigenvalue weighted by Crippen LogP contribution is 2.07. The van der Waals surface area contributed by atoms with E-state index < -0.39 is 12.0 Å². The second kappa shape index (κ2) is 6.14. The zero-order chi connectivity index (χ0) is 10.3. The van der Waals surface area contributed by atoms with Crippen LogP contribution in [0.1, 0.15) is 13.8 Å². The Morgan fingerprint density at radius 2 is 2.31 bits per heavy atom. The molecule has 0 N–H and O–H groups in total. The van der Waals surface area contributed by atoms with Crippen LogP contribution in [0.4, 0.5) is 0 Å². The quantitative estimate of drug-likeness (QED) is 0.277. The smallest absolute Gasteiger partial charge is 0.332 e. The molecule has 0 bridgehead atoms. The summed E-state index contributed by atoms with van der Waals surface area (Å²) >= 11 is 0. The van der Waals surface area contributed by atoms with E-state index in [-0.39, 0.29) is 12.5 Å². The molecule has 0 rings (SSSR count). The molecular weight excluding hydrogens is 170 g/mol. The Morgan fingerprint density at radius 3 is 2.69 bits per heavy atom. The van der Waals surface area contributed by atoms with Crippen molar-refractivity contribution in [2.24, 2.45) is 10.9 Å². The predicted octanol–water partition coefficient (Wildman–Crippen LogP) is 1.08. The van der Waals surface area contributed by atoms with E-state index in [0.29, 0.717) is 0 Å². The maximum atomic E-state index is 11.2. The van der Waals surface area contributed by atoms with Gasteiger partial charge in [0.2, 0.25) is 6.08 Å². The van der Waals surface area contributed by atoms with Crippen LogP contribution in [0.3, 0.4) is 0 Å². The molecule has 72 valence electrons. The van der Waals surface area contributed by atoms with Crippen molar-refractivity contribution in [3.05, 3.63) is 12.7 Å². The van der Waals surface area contributed by atoms with Crippen molar-refractivity contribution in [1.29, 1.82) is 0 Å². The van der Waals surface area contributed by atoms with Gasteiger partial charge in [0.25, 0.3) is 0 Å². The number of carbonyl (C=O) groups is 1. The summed E-state index contributed by atoms with van der Waals surface area (Å²) in [4.78, 5) is 24.5. The van der Waals surface area contributed by atoms with E-state index in [1.54, 1.807) is 13.8 Å². The van der Waals surface area contributed by atoms with Crippen LogP contribution in [0.25, 0.3) is 0 Å². The van der Waals surface area contributed by atoms with Crippen molar-refractivity contribution in [2.45, 2.75) is 19.9 Å². The summed E-state index contributed by atoms with van der Waals surface area (Å²) < 4.78 is 4.74. The molecule has 0 unspecified atom stereocenters. The van der Waals surface area contributed by atoms with Crippen LogP contribution in [0.15, 0.2) is 17.6 Å². The topological polar surface area (TPSA) is 55.7 Å². The number of carbonyl (C=O) groups excluding carboxylic acids is 2. The fraction of sp³-hybridized carbons (Fsp3) is 0.556. The normalized spacial score (nSPS) is 11.6. The molecule has 13 heavy (non-hydrogen) atoms. The number of hydrogen-bond donors (Lipinski definition) is 0. The molecule has 1 atom stereocenters. The van der Waals surface area contributed by atoms with E-state index >= 15 is 0 Å². The largest absolute Gasteiger partial charge is 0.460 e. The first-order valence-corrected chi connectivity index (χ1v) is 3.98. The highest BCUT2D eigenvalue weighted by molar-refractivity contribution is 5.77. The Bertz CT molecular complexity index is 229. The van der Waals surface area contributed by atoms with E-state index in [9.17, 15) is 9.59 Å². The Morgan fingerprint density at radius 1 is 1.69 bits per heavy atom. The first kappa shape index (κ1) is 11.6. The van der Waals surface area contributed by atoms with E-state index in [2.05, 4.69) is 11.6 Å². The lowest BCUT2D eigenvalue weighted by atomic mass is 10.1. The molecule has 0 aromatic heterocycles. The highest BCUT2D eigenvalue weighted by atomic mass is 16.5. The van der Waals surface area contributed by atoms with Crippen LogP contribution < -0.4 is 0 Å². The zero-order valence-electron chi connectivity index (χ0n) is 7.82. The molecule has 0 aliphatic heterocycles. The number of rotatable bonds is 5. The van der Waals surface area contributed by atoms with Crippen molar-refractivity contribution in [3.63, 3.8) is 0 Å². The molecule has 0 fully saturated rings. The molecule has 0 saturated carbocycles. The summed E-state index contributed by atoms with van der Waals surface area (Å²) in [6.45, 7) is 7.09. The minimum absolute atomic E-state index is 0.0706. The number of esters is 1. The van der Waals surface area contributed by atoms with Gasteiger partial charge in [-0.3, -0.25) is 0 Å². The summed E-state index contributed by atoms with van der Waals surface area (Å²) in [5.41, 5.74) is 0. The van der Waals surface area contributed by atoms with Crippen LogP contribution in [0.5, 0.6) is 0 Å². The predicted molar refractivity (Wildman–Crippen MR) is 47.9 cm³/mol.